The summed E-state index contributed by atoms with van der Waals surface area (Å²) in [6.45, 7) is 1.85. The second kappa shape index (κ2) is 11.6. The Bertz CT molecular complexity index is 1660. The van der Waals surface area contributed by atoms with Crippen molar-refractivity contribution in [3.63, 3.8) is 0 Å². The Morgan fingerprint density at radius 3 is 2.50 bits per heavy atom. The molecule has 0 bridgehead atoms. The van der Waals surface area contributed by atoms with Crippen molar-refractivity contribution in [2.24, 2.45) is 0 Å². The molecule has 0 aliphatic carbocycles. The number of methoxy groups -OCH3 is 1. The van der Waals surface area contributed by atoms with Crippen molar-refractivity contribution in [3.05, 3.63) is 93.3 Å². The average Bonchev–Trinajstić information content (AvgIpc) is 3.37. The highest BCUT2D eigenvalue weighted by atomic mass is 79.9. The summed E-state index contributed by atoms with van der Waals surface area (Å²) in [7, 11) is -2.79. The van der Waals surface area contributed by atoms with Crippen LogP contribution in [-0.2, 0) is 14.9 Å². The molecule has 0 aliphatic heterocycles. The molecule has 0 saturated heterocycles. The number of nitrogens with zero attached hydrogens (tertiary/aromatic N) is 2. The largest absolute Gasteiger partial charge is 0.493 e. The molecule has 11 heteroatoms. The number of nitrogens with one attached hydrogen (secondary N) is 1. The molecule has 4 aromatic rings. The summed E-state index contributed by atoms with van der Waals surface area (Å²) in [6.07, 6.45) is 1.35. The maximum Gasteiger partial charge on any atom is 0.339 e. The standard InChI is InChI=1S/C27H20BrN3O5S2/c1-17-8-10-21(11-9-17)38(33,34)36-25-22(28)13-18(14-24(25)35-2)12-20(15-29)26(32)31-27-30-23(16-37-27)19-6-4-3-5-7-19/h3-14,16H,1-2H3,(H,30,31,32)/b20-12-. The van der Waals surface area contributed by atoms with Crippen LogP contribution in [0.1, 0.15) is 11.1 Å². The van der Waals surface area contributed by atoms with E-state index in [4.69, 9.17) is 8.92 Å². The van der Waals surface area contributed by atoms with E-state index in [-0.39, 0.29) is 26.4 Å². The number of amides is 1. The van der Waals surface area contributed by atoms with Crippen LogP contribution in [0.2, 0.25) is 0 Å². The number of halogens is 1. The van der Waals surface area contributed by atoms with Gasteiger partial charge in [0.2, 0.25) is 0 Å². The van der Waals surface area contributed by atoms with E-state index < -0.39 is 16.0 Å². The maximum absolute atomic E-state index is 12.8. The van der Waals surface area contributed by atoms with Gasteiger partial charge in [-0.05, 0) is 58.8 Å². The number of hydrogen-bond donors (Lipinski definition) is 1. The molecule has 4 rings (SSSR count). The highest BCUT2D eigenvalue weighted by molar-refractivity contribution is 9.10. The van der Waals surface area contributed by atoms with Gasteiger partial charge >= 0.3 is 10.1 Å². The zero-order chi connectivity index (χ0) is 27.3. The number of ether oxygens (including phenoxy) is 1. The Balaban J connectivity index is 1.56. The monoisotopic (exact) mass is 609 g/mol. The minimum absolute atomic E-state index is 0.0120. The van der Waals surface area contributed by atoms with E-state index in [9.17, 15) is 18.5 Å². The van der Waals surface area contributed by atoms with Crippen molar-refractivity contribution >= 4 is 54.5 Å². The average molecular weight is 611 g/mol. The van der Waals surface area contributed by atoms with Crippen molar-refractivity contribution in [1.82, 2.24) is 4.98 Å². The Morgan fingerprint density at radius 2 is 1.84 bits per heavy atom. The van der Waals surface area contributed by atoms with E-state index in [1.54, 1.807) is 12.1 Å². The SMILES string of the molecule is COc1cc(/C=C(/C#N)C(=O)Nc2nc(-c3ccccc3)cs2)cc(Br)c1OS(=O)(=O)c1ccc(C)cc1. The molecule has 0 aliphatic rings. The van der Waals surface area contributed by atoms with Gasteiger partial charge in [-0.2, -0.15) is 13.7 Å². The first-order valence-corrected chi connectivity index (χ1v) is 14.1. The summed E-state index contributed by atoms with van der Waals surface area (Å²) in [6, 6.07) is 20.6. The van der Waals surface area contributed by atoms with Gasteiger partial charge in [0.25, 0.3) is 5.91 Å². The first-order valence-electron chi connectivity index (χ1n) is 11.0. The fraction of sp³-hybridized carbons (Fsp3) is 0.0741. The van der Waals surface area contributed by atoms with Gasteiger partial charge in [0.1, 0.15) is 16.5 Å². The second-order valence-electron chi connectivity index (χ2n) is 7.91. The first-order chi connectivity index (χ1) is 18.2. The minimum Gasteiger partial charge on any atom is -0.493 e. The molecule has 3 aromatic carbocycles. The number of benzene rings is 3. The number of nitriles is 1. The number of aryl methyl sites for hydroxylation is 1. The van der Waals surface area contributed by atoms with Crippen LogP contribution in [0.25, 0.3) is 17.3 Å². The quantitative estimate of drug-likeness (QED) is 0.143. The number of carbonyl (C=O) groups excluding carboxylic acids is 1. The van der Waals surface area contributed by atoms with E-state index in [0.29, 0.717) is 16.4 Å². The molecule has 38 heavy (non-hydrogen) atoms. The normalized spacial score (nSPS) is 11.5. The lowest BCUT2D eigenvalue weighted by molar-refractivity contribution is -0.112. The Labute approximate surface area is 232 Å². The molecule has 0 spiro atoms. The minimum atomic E-state index is -4.14. The number of hydrogen-bond acceptors (Lipinski definition) is 8. The van der Waals surface area contributed by atoms with Crippen LogP contribution < -0.4 is 14.2 Å². The zero-order valence-corrected chi connectivity index (χ0v) is 23.4. The highest BCUT2D eigenvalue weighted by Crippen LogP contribution is 2.39. The molecular formula is C27H20BrN3O5S2. The van der Waals surface area contributed by atoms with E-state index in [1.165, 1.54) is 48.8 Å². The first kappa shape index (κ1) is 27.1. The fourth-order valence-electron chi connectivity index (χ4n) is 3.32. The van der Waals surface area contributed by atoms with Crippen LogP contribution in [0, 0.1) is 18.3 Å². The molecular weight excluding hydrogens is 590 g/mol. The lowest BCUT2D eigenvalue weighted by atomic mass is 10.1. The third kappa shape index (κ3) is 6.28. The Kier molecular flexibility index (Phi) is 8.26. The van der Waals surface area contributed by atoms with Crippen molar-refractivity contribution in [3.8, 4) is 28.8 Å². The van der Waals surface area contributed by atoms with Crippen LogP contribution in [-0.4, -0.2) is 26.4 Å². The molecule has 0 unspecified atom stereocenters. The smallest absolute Gasteiger partial charge is 0.339 e. The fourth-order valence-corrected chi connectivity index (χ4v) is 5.64. The molecule has 1 aromatic heterocycles. The van der Waals surface area contributed by atoms with Crippen LogP contribution >= 0.6 is 27.3 Å². The van der Waals surface area contributed by atoms with Crippen molar-refractivity contribution in [2.75, 3.05) is 12.4 Å². The number of carbonyl (C=O) groups is 1. The predicted molar refractivity (Wildman–Crippen MR) is 149 cm³/mol. The lowest BCUT2D eigenvalue weighted by Gasteiger charge is -2.13. The summed E-state index contributed by atoms with van der Waals surface area (Å²) < 4.78 is 36.5. The van der Waals surface area contributed by atoms with Gasteiger partial charge in [0.15, 0.2) is 16.6 Å². The van der Waals surface area contributed by atoms with Gasteiger partial charge < -0.3 is 8.92 Å². The van der Waals surface area contributed by atoms with Crippen LogP contribution in [0.3, 0.4) is 0 Å². The van der Waals surface area contributed by atoms with E-state index in [2.05, 4.69) is 26.2 Å². The molecule has 0 fully saturated rings. The van der Waals surface area contributed by atoms with Gasteiger partial charge in [-0.15, -0.1) is 11.3 Å². The maximum atomic E-state index is 12.8. The van der Waals surface area contributed by atoms with Crippen molar-refractivity contribution in [1.29, 1.82) is 5.26 Å². The van der Waals surface area contributed by atoms with Gasteiger partial charge in [-0.1, -0.05) is 48.0 Å². The second-order valence-corrected chi connectivity index (χ2v) is 11.2. The van der Waals surface area contributed by atoms with E-state index in [0.717, 1.165) is 11.1 Å². The van der Waals surface area contributed by atoms with E-state index in [1.807, 2.05) is 48.7 Å². The van der Waals surface area contributed by atoms with Crippen LogP contribution in [0.5, 0.6) is 11.5 Å². The topological polar surface area (TPSA) is 118 Å². The highest BCUT2D eigenvalue weighted by Gasteiger charge is 2.22. The molecule has 1 amide bonds. The van der Waals surface area contributed by atoms with Crippen LogP contribution in [0.15, 0.2) is 87.1 Å². The third-order valence-electron chi connectivity index (χ3n) is 5.22. The third-order valence-corrected chi connectivity index (χ3v) is 7.81. The molecule has 1 heterocycles. The molecule has 0 radical (unpaired) electrons. The lowest BCUT2D eigenvalue weighted by Crippen LogP contribution is -2.13. The van der Waals surface area contributed by atoms with Gasteiger partial charge in [0, 0.05) is 10.9 Å². The summed E-state index contributed by atoms with van der Waals surface area (Å²) >= 11 is 4.55. The van der Waals surface area contributed by atoms with Gasteiger partial charge in [0.05, 0.1) is 17.3 Å². The van der Waals surface area contributed by atoms with Gasteiger partial charge in [-0.3, -0.25) is 10.1 Å². The zero-order valence-electron chi connectivity index (χ0n) is 20.1. The molecule has 0 saturated carbocycles. The number of aromatic nitrogens is 1. The molecule has 1 N–H and O–H groups in total. The molecule has 8 nitrogen and oxygen atoms in total. The number of rotatable bonds is 8. The summed E-state index contributed by atoms with van der Waals surface area (Å²) in [4.78, 5) is 17.2. The van der Waals surface area contributed by atoms with Gasteiger partial charge in [-0.25, -0.2) is 4.98 Å². The summed E-state index contributed by atoms with van der Waals surface area (Å²) in [5.74, 6) is -0.616. The predicted octanol–water partition coefficient (Wildman–Crippen LogP) is 6.20. The molecule has 0 atom stereocenters. The summed E-state index contributed by atoms with van der Waals surface area (Å²) in [5.41, 5.74) is 2.74. The van der Waals surface area contributed by atoms with E-state index >= 15 is 0 Å². The Hall–Kier alpha value is -3.98. The number of anilines is 1. The summed E-state index contributed by atoms with van der Waals surface area (Å²) in [5, 5.41) is 14.4. The van der Waals surface area contributed by atoms with Crippen molar-refractivity contribution < 1.29 is 22.1 Å². The molecule has 192 valence electrons. The van der Waals surface area contributed by atoms with Crippen molar-refractivity contribution in [2.45, 2.75) is 11.8 Å². The number of thiazole rings is 1. The Morgan fingerprint density at radius 1 is 1.13 bits per heavy atom. The van der Waals surface area contributed by atoms with Crippen LogP contribution in [0.4, 0.5) is 5.13 Å².